The fourth-order valence-corrected chi connectivity index (χ4v) is 2.84. The molecule has 0 radical (unpaired) electrons. The normalized spacial score (nSPS) is 14.1. The summed E-state index contributed by atoms with van der Waals surface area (Å²) in [6.45, 7) is 20.7. The molecule has 0 spiro atoms. The Balaban J connectivity index is 2.96. The van der Waals surface area contributed by atoms with Gasteiger partial charge in [-0.05, 0) is 80.4 Å². The van der Waals surface area contributed by atoms with Crippen LogP contribution in [0.3, 0.4) is 0 Å². The number of nitrogens with zero attached hydrogens (tertiary/aromatic N) is 2. The highest BCUT2D eigenvalue weighted by Crippen LogP contribution is 2.27. The molecule has 1 aromatic rings. The first kappa shape index (κ1) is 22.6. The number of benzene rings is 1. The van der Waals surface area contributed by atoms with Crippen LogP contribution in [0.25, 0.3) is 0 Å². The van der Waals surface area contributed by atoms with Crippen LogP contribution < -0.4 is 0 Å². The molecule has 0 aliphatic rings. The highest BCUT2D eigenvalue weighted by atomic mass is 14.8. The molecule has 1 unspecified atom stereocenters. The zero-order valence-electron chi connectivity index (χ0n) is 17.8. The third kappa shape index (κ3) is 6.97. The largest absolute Gasteiger partial charge is 0.259 e. The van der Waals surface area contributed by atoms with Crippen LogP contribution in [-0.4, -0.2) is 11.9 Å². The van der Waals surface area contributed by atoms with Gasteiger partial charge in [0.05, 0.1) is 11.4 Å². The lowest BCUT2D eigenvalue weighted by Crippen LogP contribution is -2.00. The number of hydrogen-bond donors (Lipinski definition) is 0. The predicted molar refractivity (Wildman–Crippen MR) is 122 cm³/mol. The van der Waals surface area contributed by atoms with Crippen molar-refractivity contribution in [3.8, 4) is 0 Å². The number of aryl methyl sites for hydroxylation is 2. The molecule has 0 N–H and O–H groups in total. The highest BCUT2D eigenvalue weighted by molar-refractivity contribution is 5.99. The molecule has 0 saturated carbocycles. The van der Waals surface area contributed by atoms with E-state index in [1.807, 2.05) is 38.3 Å². The van der Waals surface area contributed by atoms with E-state index in [1.165, 1.54) is 22.3 Å². The topological polar surface area (TPSA) is 24.7 Å². The van der Waals surface area contributed by atoms with Crippen LogP contribution in [-0.2, 0) is 6.42 Å². The van der Waals surface area contributed by atoms with E-state index in [4.69, 9.17) is 0 Å². The minimum Gasteiger partial charge on any atom is -0.259 e. The van der Waals surface area contributed by atoms with Gasteiger partial charge in [0.25, 0.3) is 0 Å². The average molecular weight is 363 g/mol. The lowest BCUT2D eigenvalue weighted by molar-refractivity contribution is 0.757. The van der Waals surface area contributed by atoms with Crippen molar-refractivity contribution in [1.82, 2.24) is 0 Å². The van der Waals surface area contributed by atoms with Crippen molar-refractivity contribution < 1.29 is 0 Å². The number of hydrogen-bond acceptors (Lipinski definition) is 2. The van der Waals surface area contributed by atoms with Gasteiger partial charge in [0.2, 0.25) is 0 Å². The summed E-state index contributed by atoms with van der Waals surface area (Å²) in [7, 11) is 0. The Kier molecular flexibility index (Phi) is 9.42. The van der Waals surface area contributed by atoms with Crippen LogP contribution >= 0.6 is 0 Å². The Labute approximate surface area is 165 Å². The maximum atomic E-state index is 4.53. The summed E-state index contributed by atoms with van der Waals surface area (Å²) >= 11 is 0. The van der Waals surface area contributed by atoms with E-state index in [2.05, 4.69) is 63.0 Å². The molecule has 2 nitrogen and oxygen atoms in total. The fraction of sp³-hybridized carbons (Fsp3) is 0.360. The molecule has 1 aromatic carbocycles. The molecule has 0 heterocycles. The summed E-state index contributed by atoms with van der Waals surface area (Å²) in [5.74, 6) is 0.408. The molecule has 0 aliphatic heterocycles. The molecule has 0 saturated heterocycles. The van der Waals surface area contributed by atoms with Crippen molar-refractivity contribution in [3.63, 3.8) is 0 Å². The highest BCUT2D eigenvalue weighted by Gasteiger charge is 2.11. The zero-order chi connectivity index (χ0) is 20.4. The lowest BCUT2D eigenvalue weighted by Gasteiger charge is -2.17. The summed E-state index contributed by atoms with van der Waals surface area (Å²) in [6, 6.07) is 4.66. The van der Waals surface area contributed by atoms with E-state index in [9.17, 15) is 0 Å². The van der Waals surface area contributed by atoms with Gasteiger partial charge in [-0.3, -0.25) is 9.98 Å². The van der Waals surface area contributed by atoms with Gasteiger partial charge in [0, 0.05) is 12.4 Å². The van der Waals surface area contributed by atoms with Gasteiger partial charge in [-0.15, -0.1) is 0 Å². The van der Waals surface area contributed by atoms with E-state index >= 15 is 0 Å². The summed E-state index contributed by atoms with van der Waals surface area (Å²) in [6.07, 6.45) is 11.3. The SMILES string of the molecule is C=C/C(=C\N=C(C)C(=C)N=C/C=C\C)CC(C)c1cc(C)c(C)c(CC)c1. The van der Waals surface area contributed by atoms with Crippen LogP contribution in [0, 0.1) is 13.8 Å². The van der Waals surface area contributed by atoms with Crippen molar-refractivity contribution in [2.75, 3.05) is 0 Å². The maximum Gasteiger partial charge on any atom is 0.0769 e. The molecular weight excluding hydrogens is 328 g/mol. The average Bonchev–Trinajstić information content (AvgIpc) is 2.66. The van der Waals surface area contributed by atoms with Crippen molar-refractivity contribution in [2.24, 2.45) is 9.98 Å². The molecule has 0 aromatic heterocycles. The van der Waals surface area contributed by atoms with Gasteiger partial charge >= 0.3 is 0 Å². The summed E-state index contributed by atoms with van der Waals surface area (Å²) < 4.78 is 0. The first-order valence-corrected chi connectivity index (χ1v) is 9.64. The summed E-state index contributed by atoms with van der Waals surface area (Å²) in [5, 5.41) is 0. The first-order valence-electron chi connectivity index (χ1n) is 9.64. The van der Waals surface area contributed by atoms with Crippen LogP contribution in [0.2, 0.25) is 0 Å². The van der Waals surface area contributed by atoms with Crippen molar-refractivity contribution >= 4 is 11.9 Å². The van der Waals surface area contributed by atoms with Crippen LogP contribution in [0.1, 0.15) is 62.3 Å². The second kappa shape index (κ2) is 11.3. The third-order valence-corrected chi connectivity index (χ3v) is 4.90. The Morgan fingerprint density at radius 3 is 2.56 bits per heavy atom. The first-order chi connectivity index (χ1) is 12.8. The van der Waals surface area contributed by atoms with E-state index in [0.29, 0.717) is 11.6 Å². The van der Waals surface area contributed by atoms with Gasteiger partial charge in [0.1, 0.15) is 0 Å². The van der Waals surface area contributed by atoms with E-state index in [-0.39, 0.29) is 0 Å². The molecule has 0 aliphatic carbocycles. The smallest absolute Gasteiger partial charge is 0.0769 e. The van der Waals surface area contributed by atoms with Crippen molar-refractivity contribution in [3.05, 3.63) is 83.2 Å². The van der Waals surface area contributed by atoms with Gasteiger partial charge in [-0.25, -0.2) is 0 Å². The Hall–Kier alpha value is -2.48. The molecule has 144 valence electrons. The zero-order valence-corrected chi connectivity index (χ0v) is 17.8. The van der Waals surface area contributed by atoms with Crippen molar-refractivity contribution in [2.45, 2.75) is 60.3 Å². The molecule has 2 heteroatoms. The number of aliphatic imine (C=N–C) groups is 2. The number of allylic oxidation sites excluding steroid dienone is 5. The Bertz CT molecular complexity index is 789. The van der Waals surface area contributed by atoms with E-state index in [0.717, 1.165) is 24.1 Å². The van der Waals surface area contributed by atoms with Gasteiger partial charge in [-0.1, -0.05) is 51.3 Å². The minimum atomic E-state index is 0.408. The second-order valence-corrected chi connectivity index (χ2v) is 6.95. The van der Waals surface area contributed by atoms with Crippen LogP contribution in [0.15, 0.2) is 71.0 Å². The minimum absolute atomic E-state index is 0.408. The lowest BCUT2D eigenvalue weighted by atomic mass is 9.89. The maximum absolute atomic E-state index is 4.53. The Morgan fingerprint density at radius 1 is 1.26 bits per heavy atom. The molecule has 27 heavy (non-hydrogen) atoms. The van der Waals surface area contributed by atoms with Crippen LogP contribution in [0.5, 0.6) is 0 Å². The molecule has 0 fully saturated rings. The molecule has 0 amide bonds. The molecule has 0 bridgehead atoms. The van der Waals surface area contributed by atoms with Gasteiger partial charge in [0.15, 0.2) is 0 Å². The second-order valence-electron chi connectivity index (χ2n) is 6.95. The third-order valence-electron chi connectivity index (χ3n) is 4.90. The van der Waals surface area contributed by atoms with Gasteiger partial charge < -0.3 is 0 Å². The monoisotopic (exact) mass is 362 g/mol. The quantitative estimate of drug-likeness (QED) is 0.332. The van der Waals surface area contributed by atoms with Crippen molar-refractivity contribution in [1.29, 1.82) is 0 Å². The van der Waals surface area contributed by atoms with Crippen LogP contribution in [0.4, 0.5) is 0 Å². The van der Waals surface area contributed by atoms with E-state index < -0.39 is 0 Å². The standard InChI is InChI=1S/C25H34N2/c1-9-12-13-26-21(7)22(8)27-17-23(10-2)14-19(5)25-15-18(4)20(6)24(11-3)16-25/h9-10,12-13,15-17,19H,2,7,11,14H2,1,3-6,8H3/b12-9-,23-17+,26-13?,27-22?. The predicted octanol–water partition coefficient (Wildman–Crippen LogP) is 7.05. The fourth-order valence-electron chi connectivity index (χ4n) is 2.84. The molecule has 1 rings (SSSR count). The Morgan fingerprint density at radius 2 is 1.96 bits per heavy atom. The molecular formula is C25H34N2. The summed E-state index contributed by atoms with van der Waals surface area (Å²) in [4.78, 5) is 8.80. The number of rotatable bonds is 9. The van der Waals surface area contributed by atoms with E-state index in [1.54, 1.807) is 6.21 Å². The van der Waals surface area contributed by atoms with Gasteiger partial charge in [-0.2, -0.15) is 0 Å². The summed E-state index contributed by atoms with van der Waals surface area (Å²) in [5.41, 5.74) is 8.18. The molecule has 1 atom stereocenters.